The monoisotopic (exact) mass is 410 g/mol. The Morgan fingerprint density at radius 1 is 1.38 bits per heavy atom. The first kappa shape index (κ1) is 20.2. The van der Waals surface area contributed by atoms with Gasteiger partial charge in [0.1, 0.15) is 23.2 Å². The van der Waals surface area contributed by atoms with Crippen LogP contribution in [0.4, 0.5) is 5.82 Å². The molecule has 3 rings (SSSR count). The van der Waals surface area contributed by atoms with Gasteiger partial charge >= 0.3 is 0 Å². The molecule has 3 aromatic rings. The highest BCUT2D eigenvalue weighted by molar-refractivity contribution is 6.32. The van der Waals surface area contributed by atoms with Gasteiger partial charge in [-0.25, -0.2) is 0 Å². The third-order valence-corrected chi connectivity index (χ3v) is 4.34. The number of carbonyl (C=O) groups is 1. The summed E-state index contributed by atoms with van der Waals surface area (Å²) in [7, 11) is 0. The summed E-state index contributed by atoms with van der Waals surface area (Å²) in [4.78, 5) is 12.3. The van der Waals surface area contributed by atoms with E-state index in [1.165, 1.54) is 6.08 Å². The van der Waals surface area contributed by atoms with E-state index in [1.54, 1.807) is 19.1 Å². The van der Waals surface area contributed by atoms with Crippen LogP contribution in [0.5, 0.6) is 5.75 Å². The molecule has 7 nitrogen and oxygen atoms in total. The number of nitriles is 1. The average molecular weight is 411 g/mol. The van der Waals surface area contributed by atoms with Crippen LogP contribution in [-0.4, -0.2) is 22.2 Å². The third-order valence-electron chi connectivity index (χ3n) is 4.03. The number of aromatic nitrogens is 2. The second kappa shape index (κ2) is 9.62. The first-order chi connectivity index (χ1) is 14.1. The number of amides is 1. The number of benzene rings is 1. The highest BCUT2D eigenvalue weighted by Crippen LogP contribution is 2.23. The van der Waals surface area contributed by atoms with Gasteiger partial charge in [0.15, 0.2) is 5.82 Å². The molecule has 0 radical (unpaired) electrons. The molecule has 1 aromatic carbocycles. The highest BCUT2D eigenvalue weighted by atomic mass is 35.5. The van der Waals surface area contributed by atoms with Crippen molar-refractivity contribution in [3.63, 3.8) is 0 Å². The number of ether oxygens (including phenoxy) is 1. The lowest BCUT2D eigenvalue weighted by Gasteiger charge is -2.10. The van der Waals surface area contributed by atoms with Gasteiger partial charge in [-0.2, -0.15) is 5.26 Å². The second-order valence-electron chi connectivity index (χ2n) is 6.21. The second-order valence-corrected chi connectivity index (χ2v) is 6.61. The van der Waals surface area contributed by atoms with Crippen molar-refractivity contribution in [3.8, 4) is 11.8 Å². The summed E-state index contributed by atoms with van der Waals surface area (Å²) >= 11 is 6.07. The normalized spacial score (nSPS) is 11.1. The van der Waals surface area contributed by atoms with Crippen molar-refractivity contribution in [2.24, 2.45) is 0 Å². The molecule has 1 amide bonds. The van der Waals surface area contributed by atoms with Gasteiger partial charge in [-0.3, -0.25) is 4.79 Å². The maximum absolute atomic E-state index is 12.3. The largest absolute Gasteiger partial charge is 0.492 e. The van der Waals surface area contributed by atoms with E-state index in [-0.39, 0.29) is 11.4 Å². The van der Waals surface area contributed by atoms with Crippen LogP contribution >= 0.6 is 11.6 Å². The van der Waals surface area contributed by atoms with Crippen LogP contribution in [0.3, 0.4) is 0 Å². The molecule has 2 heterocycles. The van der Waals surface area contributed by atoms with Crippen molar-refractivity contribution >= 4 is 29.4 Å². The van der Waals surface area contributed by atoms with Gasteiger partial charge in [-0.15, -0.1) is 0 Å². The minimum absolute atomic E-state index is 0.0297. The molecule has 0 atom stereocenters. The summed E-state index contributed by atoms with van der Waals surface area (Å²) in [5.74, 6) is 0.931. The van der Waals surface area contributed by atoms with Gasteiger partial charge in [-0.1, -0.05) is 28.9 Å². The molecule has 0 fully saturated rings. The number of carbonyl (C=O) groups excluding carboxylic acids is 1. The smallest absolute Gasteiger partial charge is 0.267 e. The van der Waals surface area contributed by atoms with E-state index >= 15 is 0 Å². The van der Waals surface area contributed by atoms with Crippen LogP contribution in [0.25, 0.3) is 6.08 Å². The molecular formula is C21H19ClN4O3. The fourth-order valence-corrected chi connectivity index (χ4v) is 2.84. The van der Waals surface area contributed by atoms with Gasteiger partial charge < -0.3 is 19.1 Å². The maximum atomic E-state index is 12.3. The molecule has 1 N–H and O–H groups in total. The fourth-order valence-electron chi connectivity index (χ4n) is 2.65. The number of aryl methyl sites for hydroxylation is 2. The van der Waals surface area contributed by atoms with Crippen LogP contribution in [-0.2, 0) is 11.3 Å². The molecular weight excluding hydrogens is 392 g/mol. The summed E-state index contributed by atoms with van der Waals surface area (Å²) < 4.78 is 12.5. The standard InChI is InChI=1S/C21H19ClN4O3/c1-15-12-20(25-29-15)24-21(27)16(14-23)13-17-6-4-9-26(17)10-5-11-28-19-8-3-2-7-18(19)22/h2-4,6-9,12-13H,5,10-11H2,1H3,(H,24,25,27)/b16-13-. The average Bonchev–Trinajstić information content (AvgIpc) is 3.32. The molecule has 0 unspecified atom stereocenters. The number of para-hydroxylation sites is 1. The van der Waals surface area contributed by atoms with Crippen LogP contribution < -0.4 is 10.1 Å². The molecule has 148 valence electrons. The van der Waals surface area contributed by atoms with Crippen molar-refractivity contribution in [2.45, 2.75) is 19.9 Å². The van der Waals surface area contributed by atoms with Gasteiger partial charge in [0, 0.05) is 24.5 Å². The van der Waals surface area contributed by atoms with Crippen LogP contribution in [0.1, 0.15) is 17.9 Å². The lowest BCUT2D eigenvalue weighted by Crippen LogP contribution is -2.14. The first-order valence-electron chi connectivity index (χ1n) is 8.96. The Bertz CT molecular complexity index is 1060. The Morgan fingerprint density at radius 3 is 2.93 bits per heavy atom. The Kier molecular flexibility index (Phi) is 6.72. The number of hydrogen-bond donors (Lipinski definition) is 1. The summed E-state index contributed by atoms with van der Waals surface area (Å²) in [5, 5.41) is 16.2. The number of nitrogens with zero attached hydrogens (tertiary/aromatic N) is 3. The minimum atomic E-state index is -0.546. The minimum Gasteiger partial charge on any atom is -0.492 e. The van der Waals surface area contributed by atoms with Crippen molar-refractivity contribution in [1.29, 1.82) is 5.26 Å². The van der Waals surface area contributed by atoms with Crippen LogP contribution in [0.2, 0.25) is 5.02 Å². The SMILES string of the molecule is Cc1cc(NC(=O)/C(C#N)=C\c2cccn2CCCOc2ccccc2Cl)no1. The van der Waals surface area contributed by atoms with Gasteiger partial charge in [0.2, 0.25) is 0 Å². The number of anilines is 1. The van der Waals surface area contributed by atoms with E-state index in [2.05, 4.69) is 10.5 Å². The molecule has 2 aromatic heterocycles. The van der Waals surface area contributed by atoms with E-state index in [0.717, 1.165) is 12.1 Å². The van der Waals surface area contributed by atoms with Crippen molar-refractivity contribution in [3.05, 3.63) is 70.7 Å². The molecule has 0 aliphatic rings. The molecule has 0 bridgehead atoms. The van der Waals surface area contributed by atoms with E-state index < -0.39 is 5.91 Å². The first-order valence-corrected chi connectivity index (χ1v) is 9.33. The number of hydrogen-bond acceptors (Lipinski definition) is 5. The van der Waals surface area contributed by atoms with E-state index in [1.807, 2.05) is 47.2 Å². The predicted molar refractivity (Wildman–Crippen MR) is 109 cm³/mol. The quantitative estimate of drug-likeness (QED) is 0.336. The summed E-state index contributed by atoms with van der Waals surface area (Å²) in [6.45, 7) is 2.86. The Labute approximate surface area is 173 Å². The van der Waals surface area contributed by atoms with E-state index in [4.69, 9.17) is 20.9 Å². The molecule has 0 saturated heterocycles. The predicted octanol–water partition coefficient (Wildman–Crippen LogP) is 4.45. The number of nitrogens with one attached hydrogen (secondary N) is 1. The third kappa shape index (κ3) is 5.50. The van der Waals surface area contributed by atoms with Crippen LogP contribution in [0, 0.1) is 18.3 Å². The molecule has 0 aliphatic carbocycles. The molecule has 8 heteroatoms. The fraction of sp³-hybridized carbons (Fsp3) is 0.190. The molecule has 0 aliphatic heterocycles. The Balaban J connectivity index is 1.59. The van der Waals surface area contributed by atoms with Crippen molar-refractivity contribution in [2.75, 3.05) is 11.9 Å². The summed E-state index contributed by atoms with van der Waals surface area (Å²) in [6, 6.07) is 14.5. The van der Waals surface area contributed by atoms with Crippen molar-refractivity contribution < 1.29 is 14.1 Å². The molecule has 0 spiro atoms. The van der Waals surface area contributed by atoms with Gasteiger partial charge in [0.05, 0.1) is 11.6 Å². The summed E-state index contributed by atoms with van der Waals surface area (Å²) in [6.07, 6.45) is 4.15. The lowest BCUT2D eigenvalue weighted by molar-refractivity contribution is -0.112. The Morgan fingerprint density at radius 2 is 2.21 bits per heavy atom. The molecule has 0 saturated carbocycles. The topological polar surface area (TPSA) is 93.1 Å². The highest BCUT2D eigenvalue weighted by Gasteiger charge is 2.13. The lowest BCUT2D eigenvalue weighted by atomic mass is 10.2. The molecule has 29 heavy (non-hydrogen) atoms. The zero-order valence-electron chi connectivity index (χ0n) is 15.8. The van der Waals surface area contributed by atoms with Gasteiger partial charge in [-0.05, 0) is 43.7 Å². The maximum Gasteiger partial charge on any atom is 0.267 e. The number of rotatable bonds is 8. The van der Waals surface area contributed by atoms with Gasteiger partial charge in [0.25, 0.3) is 5.91 Å². The number of halogens is 1. The van der Waals surface area contributed by atoms with E-state index in [0.29, 0.717) is 29.7 Å². The van der Waals surface area contributed by atoms with E-state index in [9.17, 15) is 10.1 Å². The summed E-state index contributed by atoms with van der Waals surface area (Å²) in [5.41, 5.74) is 0.712. The van der Waals surface area contributed by atoms with Crippen LogP contribution in [0.15, 0.2) is 58.8 Å². The zero-order chi connectivity index (χ0) is 20.6. The van der Waals surface area contributed by atoms with Crippen molar-refractivity contribution in [1.82, 2.24) is 9.72 Å². The Hall–Kier alpha value is -3.50. The zero-order valence-corrected chi connectivity index (χ0v) is 16.5.